The Morgan fingerprint density at radius 3 is 2.11 bits per heavy atom. The lowest BCUT2D eigenvalue weighted by Crippen LogP contribution is -2.22. The molecule has 0 aliphatic rings. The van der Waals surface area contributed by atoms with Gasteiger partial charge >= 0.3 is 5.97 Å². The summed E-state index contributed by atoms with van der Waals surface area (Å²) < 4.78 is 0. The predicted octanol–water partition coefficient (Wildman–Crippen LogP) is 4.00. The summed E-state index contributed by atoms with van der Waals surface area (Å²) in [5.41, 5.74) is 3.50. The van der Waals surface area contributed by atoms with E-state index in [0.717, 1.165) is 33.9 Å². The second kappa shape index (κ2) is 9.75. The van der Waals surface area contributed by atoms with Crippen LogP contribution in [0.3, 0.4) is 0 Å². The summed E-state index contributed by atoms with van der Waals surface area (Å²) in [6, 6.07) is 12.9. The Kier molecular flexibility index (Phi) is 7.40. The summed E-state index contributed by atoms with van der Waals surface area (Å²) in [5.74, 6) is -1.80. The van der Waals surface area contributed by atoms with Gasteiger partial charge in [0.1, 0.15) is 0 Å². The summed E-state index contributed by atoms with van der Waals surface area (Å²) in [7, 11) is 0. The van der Waals surface area contributed by atoms with Crippen LogP contribution in [0.2, 0.25) is 0 Å². The van der Waals surface area contributed by atoms with E-state index in [1.54, 1.807) is 24.3 Å². The number of thioether (sulfide) groups is 1. The number of benzene rings is 2. The molecular weight excluding hydrogens is 376 g/mol. The van der Waals surface area contributed by atoms with Crippen molar-refractivity contribution in [3.05, 3.63) is 65.7 Å². The molecule has 0 aliphatic carbocycles. The number of carbonyl (C=O) groups excluding carboxylic acids is 2. The topological polar surface area (TPSA) is 95.5 Å². The molecule has 0 bridgehead atoms. The first-order valence-electron chi connectivity index (χ1n) is 8.61. The van der Waals surface area contributed by atoms with Gasteiger partial charge < -0.3 is 15.7 Å². The van der Waals surface area contributed by atoms with Gasteiger partial charge in [-0.3, -0.25) is 9.59 Å². The summed E-state index contributed by atoms with van der Waals surface area (Å²) in [6.45, 7) is 5.80. The molecule has 1 unspecified atom stereocenters. The molecule has 0 spiro atoms. The molecule has 7 heteroatoms. The fraction of sp³-hybridized carbons (Fsp3) is 0.190. The minimum absolute atomic E-state index is 0.0915. The predicted molar refractivity (Wildman–Crippen MR) is 112 cm³/mol. The molecule has 0 aromatic heterocycles. The molecule has 0 saturated heterocycles. The van der Waals surface area contributed by atoms with Crippen LogP contribution in [0, 0.1) is 13.8 Å². The molecule has 6 nitrogen and oxygen atoms in total. The standard InChI is InChI=1S/C21H22N2O4S/c1-13-10-14(2)12-17(11-13)23-21(27)15(3)28-18-6-4-16(5-7-18)22-19(24)8-9-20(25)26/h4-12,15H,1-3H3,(H,22,24)(H,23,27)(H,25,26)/b9-8+. The molecule has 0 heterocycles. The molecular formula is C21H22N2O4S. The average Bonchev–Trinajstić information content (AvgIpc) is 2.60. The van der Waals surface area contributed by atoms with Gasteiger partial charge in [-0.2, -0.15) is 0 Å². The van der Waals surface area contributed by atoms with Crippen molar-refractivity contribution in [1.29, 1.82) is 0 Å². The van der Waals surface area contributed by atoms with Crippen molar-refractivity contribution in [2.75, 3.05) is 10.6 Å². The van der Waals surface area contributed by atoms with Crippen LogP contribution in [0.4, 0.5) is 11.4 Å². The number of aryl methyl sites for hydroxylation is 2. The number of nitrogens with one attached hydrogen (secondary N) is 2. The van der Waals surface area contributed by atoms with E-state index in [1.165, 1.54) is 11.8 Å². The molecule has 0 radical (unpaired) electrons. The van der Waals surface area contributed by atoms with Crippen molar-refractivity contribution in [3.63, 3.8) is 0 Å². The smallest absolute Gasteiger partial charge is 0.328 e. The van der Waals surface area contributed by atoms with Crippen LogP contribution >= 0.6 is 11.8 Å². The van der Waals surface area contributed by atoms with E-state index >= 15 is 0 Å². The fourth-order valence-electron chi connectivity index (χ4n) is 2.50. The fourth-order valence-corrected chi connectivity index (χ4v) is 3.36. The molecule has 2 amide bonds. The monoisotopic (exact) mass is 398 g/mol. The average molecular weight is 398 g/mol. The van der Waals surface area contributed by atoms with Crippen LogP contribution in [-0.4, -0.2) is 28.1 Å². The molecule has 146 valence electrons. The Bertz CT molecular complexity index is 887. The maximum absolute atomic E-state index is 12.4. The Morgan fingerprint density at radius 1 is 0.929 bits per heavy atom. The van der Waals surface area contributed by atoms with Crippen LogP contribution in [0.15, 0.2) is 59.5 Å². The highest BCUT2D eigenvalue weighted by molar-refractivity contribution is 8.00. The van der Waals surface area contributed by atoms with Gasteiger partial charge in [-0.1, -0.05) is 6.07 Å². The second-order valence-electron chi connectivity index (χ2n) is 6.31. The number of aliphatic carboxylic acids is 1. The zero-order valence-electron chi connectivity index (χ0n) is 15.9. The Hall–Kier alpha value is -3.06. The van der Waals surface area contributed by atoms with Crippen molar-refractivity contribution in [1.82, 2.24) is 0 Å². The van der Waals surface area contributed by atoms with E-state index in [1.807, 2.05) is 39.0 Å². The summed E-state index contributed by atoms with van der Waals surface area (Å²) in [6.07, 6.45) is 1.72. The first-order chi connectivity index (χ1) is 13.2. The zero-order valence-corrected chi connectivity index (χ0v) is 16.7. The van der Waals surface area contributed by atoms with Gasteiger partial charge in [0, 0.05) is 28.4 Å². The maximum atomic E-state index is 12.4. The quantitative estimate of drug-likeness (QED) is 0.484. The van der Waals surface area contributed by atoms with E-state index in [4.69, 9.17) is 5.11 Å². The first kappa shape index (κ1) is 21.2. The van der Waals surface area contributed by atoms with Crippen molar-refractivity contribution in [2.45, 2.75) is 30.9 Å². The van der Waals surface area contributed by atoms with E-state index in [9.17, 15) is 14.4 Å². The Morgan fingerprint density at radius 2 is 1.54 bits per heavy atom. The van der Waals surface area contributed by atoms with E-state index in [2.05, 4.69) is 10.6 Å². The van der Waals surface area contributed by atoms with Gasteiger partial charge in [0.15, 0.2) is 0 Å². The zero-order chi connectivity index (χ0) is 20.7. The normalized spacial score (nSPS) is 11.8. The molecule has 0 fully saturated rings. The third kappa shape index (κ3) is 6.92. The van der Waals surface area contributed by atoms with Crippen molar-refractivity contribution in [3.8, 4) is 0 Å². The summed E-state index contributed by atoms with van der Waals surface area (Å²) in [5, 5.41) is 13.7. The number of carboxylic acid groups (broad SMARTS) is 1. The highest BCUT2D eigenvalue weighted by Crippen LogP contribution is 2.26. The lowest BCUT2D eigenvalue weighted by molar-refractivity contribution is -0.131. The van der Waals surface area contributed by atoms with Gasteiger partial charge in [-0.25, -0.2) is 4.79 Å². The largest absolute Gasteiger partial charge is 0.478 e. The second-order valence-corrected chi connectivity index (χ2v) is 7.73. The number of carboxylic acids is 1. The molecule has 0 saturated carbocycles. The SMILES string of the molecule is Cc1cc(C)cc(NC(=O)C(C)Sc2ccc(NC(=O)/C=C/C(=O)O)cc2)c1. The highest BCUT2D eigenvalue weighted by Gasteiger charge is 2.15. The van der Waals surface area contributed by atoms with Crippen molar-refractivity contribution in [2.24, 2.45) is 0 Å². The number of hydrogen-bond acceptors (Lipinski definition) is 4. The summed E-state index contributed by atoms with van der Waals surface area (Å²) >= 11 is 1.40. The molecule has 0 aliphatic heterocycles. The maximum Gasteiger partial charge on any atom is 0.328 e. The van der Waals surface area contributed by atoms with Crippen LogP contribution in [-0.2, 0) is 14.4 Å². The minimum atomic E-state index is -1.19. The van der Waals surface area contributed by atoms with Crippen LogP contribution < -0.4 is 10.6 Å². The molecule has 2 aromatic rings. The van der Waals surface area contributed by atoms with Gasteiger partial charge in [0.2, 0.25) is 11.8 Å². The lowest BCUT2D eigenvalue weighted by Gasteiger charge is -2.13. The third-order valence-corrected chi connectivity index (χ3v) is 4.78. The Labute approximate surface area is 168 Å². The van der Waals surface area contributed by atoms with Crippen molar-refractivity contribution >= 4 is 40.9 Å². The van der Waals surface area contributed by atoms with Crippen LogP contribution in [0.1, 0.15) is 18.1 Å². The molecule has 2 rings (SSSR count). The molecule has 1 atom stereocenters. The van der Waals surface area contributed by atoms with Crippen LogP contribution in [0.5, 0.6) is 0 Å². The number of amides is 2. The molecule has 3 N–H and O–H groups in total. The lowest BCUT2D eigenvalue weighted by atomic mass is 10.1. The Balaban J connectivity index is 1.92. The van der Waals surface area contributed by atoms with Gasteiger partial charge in [-0.15, -0.1) is 11.8 Å². The first-order valence-corrected chi connectivity index (χ1v) is 9.49. The minimum Gasteiger partial charge on any atom is -0.478 e. The van der Waals surface area contributed by atoms with E-state index in [-0.39, 0.29) is 11.2 Å². The van der Waals surface area contributed by atoms with Crippen LogP contribution in [0.25, 0.3) is 0 Å². The third-order valence-electron chi connectivity index (χ3n) is 3.67. The van der Waals surface area contributed by atoms with Gasteiger partial charge in [0.25, 0.3) is 0 Å². The van der Waals surface area contributed by atoms with E-state index < -0.39 is 11.9 Å². The summed E-state index contributed by atoms with van der Waals surface area (Å²) in [4.78, 5) is 35.3. The van der Waals surface area contributed by atoms with E-state index in [0.29, 0.717) is 5.69 Å². The number of hydrogen-bond donors (Lipinski definition) is 3. The number of rotatable bonds is 7. The number of carbonyl (C=O) groups is 3. The number of anilines is 2. The molecule has 28 heavy (non-hydrogen) atoms. The van der Waals surface area contributed by atoms with Crippen molar-refractivity contribution < 1.29 is 19.5 Å². The van der Waals surface area contributed by atoms with Gasteiger partial charge in [0.05, 0.1) is 5.25 Å². The highest BCUT2D eigenvalue weighted by atomic mass is 32.2. The van der Waals surface area contributed by atoms with Gasteiger partial charge in [-0.05, 0) is 68.3 Å². The molecule has 2 aromatic carbocycles.